The molecule has 0 aromatic carbocycles. The maximum Gasteiger partial charge on any atom is 0.186 e. The normalized spacial score (nSPS) is 15.8. The van der Waals surface area contributed by atoms with Gasteiger partial charge in [0.1, 0.15) is 0 Å². The Hall–Kier alpha value is -0.610. The molecule has 0 unspecified atom stereocenters. The van der Waals surface area contributed by atoms with Gasteiger partial charge in [-0.25, -0.2) is 4.98 Å². The summed E-state index contributed by atoms with van der Waals surface area (Å²) in [6.45, 7) is 15.5. The zero-order valence-electron chi connectivity index (χ0n) is 14.5. The molecule has 1 aromatic rings. The van der Waals surface area contributed by atoms with Crippen molar-refractivity contribution in [3.8, 4) is 0 Å². The molecule has 4 heteroatoms. The first-order chi connectivity index (χ1) is 9.81. The van der Waals surface area contributed by atoms with Gasteiger partial charge in [-0.15, -0.1) is 11.3 Å². The van der Waals surface area contributed by atoms with Crippen LogP contribution in [0.5, 0.6) is 0 Å². The summed E-state index contributed by atoms with van der Waals surface area (Å²) in [5.41, 5.74) is 1.44. The van der Waals surface area contributed by atoms with Gasteiger partial charge in [0.2, 0.25) is 0 Å². The van der Waals surface area contributed by atoms with Crippen LogP contribution in [0.1, 0.15) is 77.3 Å². The summed E-state index contributed by atoms with van der Waals surface area (Å²) in [6, 6.07) is 0.750. The number of nitrogens with one attached hydrogen (secondary N) is 1. The van der Waals surface area contributed by atoms with E-state index >= 15 is 0 Å². The Morgan fingerprint density at radius 3 is 2.48 bits per heavy atom. The molecule has 1 fully saturated rings. The second kappa shape index (κ2) is 6.66. The van der Waals surface area contributed by atoms with Gasteiger partial charge in [0.15, 0.2) is 5.13 Å². The molecule has 1 heterocycles. The lowest BCUT2D eigenvalue weighted by atomic mass is 10.1. The molecule has 0 saturated heterocycles. The lowest BCUT2D eigenvalue weighted by molar-refractivity contribution is 0.425. The van der Waals surface area contributed by atoms with Gasteiger partial charge in [0.05, 0.1) is 5.69 Å². The minimum Gasteiger partial charge on any atom is -0.345 e. The van der Waals surface area contributed by atoms with Crippen molar-refractivity contribution in [3.05, 3.63) is 10.6 Å². The van der Waals surface area contributed by atoms with E-state index < -0.39 is 0 Å². The minimum atomic E-state index is 0.151. The van der Waals surface area contributed by atoms with Crippen LogP contribution in [0.15, 0.2) is 0 Å². The molecule has 1 aliphatic rings. The third-order valence-electron chi connectivity index (χ3n) is 3.74. The monoisotopic (exact) mass is 309 g/mol. The second-order valence-corrected chi connectivity index (χ2v) is 8.55. The minimum absolute atomic E-state index is 0.151. The third-order valence-corrected chi connectivity index (χ3v) is 4.85. The fraction of sp³-hybridized carbons (Fsp3) is 0.824. The van der Waals surface area contributed by atoms with Crippen LogP contribution in [0.4, 0.5) is 5.13 Å². The summed E-state index contributed by atoms with van der Waals surface area (Å²) in [6.07, 6.45) is 3.88. The molecule has 2 rings (SSSR count). The molecule has 0 atom stereocenters. The van der Waals surface area contributed by atoms with Crippen molar-refractivity contribution < 1.29 is 0 Å². The van der Waals surface area contributed by atoms with E-state index in [0.717, 1.165) is 19.1 Å². The van der Waals surface area contributed by atoms with Crippen LogP contribution < -0.4 is 10.2 Å². The van der Waals surface area contributed by atoms with Gasteiger partial charge in [-0.05, 0) is 46.0 Å². The second-order valence-electron chi connectivity index (χ2n) is 7.49. The number of aromatic nitrogens is 1. The van der Waals surface area contributed by atoms with E-state index in [4.69, 9.17) is 4.98 Å². The van der Waals surface area contributed by atoms with Crippen molar-refractivity contribution in [2.24, 2.45) is 0 Å². The third kappa shape index (κ3) is 4.68. The smallest absolute Gasteiger partial charge is 0.186 e. The molecule has 120 valence electrons. The number of hydrogen-bond acceptors (Lipinski definition) is 4. The van der Waals surface area contributed by atoms with E-state index in [-0.39, 0.29) is 5.54 Å². The fourth-order valence-electron chi connectivity index (χ4n) is 2.46. The Bertz CT molecular complexity index is 455. The summed E-state index contributed by atoms with van der Waals surface area (Å²) in [5, 5.41) is 4.86. The molecule has 0 aliphatic heterocycles. The molecular formula is C17H31N3S. The Morgan fingerprint density at radius 1 is 1.33 bits per heavy atom. The first kappa shape index (κ1) is 16.8. The Labute approximate surface area is 134 Å². The Balaban J connectivity index is 2.19. The highest BCUT2D eigenvalue weighted by atomic mass is 32.1. The Kier molecular flexibility index (Phi) is 5.31. The fourth-order valence-corrected chi connectivity index (χ4v) is 3.71. The van der Waals surface area contributed by atoms with Crippen molar-refractivity contribution in [2.45, 2.75) is 84.8 Å². The molecular weight excluding hydrogens is 278 g/mol. The van der Waals surface area contributed by atoms with Gasteiger partial charge < -0.3 is 10.2 Å². The van der Waals surface area contributed by atoms with Crippen molar-refractivity contribution >= 4 is 16.5 Å². The average Bonchev–Trinajstić information content (AvgIpc) is 3.11. The summed E-state index contributed by atoms with van der Waals surface area (Å²) < 4.78 is 0. The highest BCUT2D eigenvalue weighted by Crippen LogP contribution is 2.37. The van der Waals surface area contributed by atoms with Crippen LogP contribution in [0.3, 0.4) is 0 Å². The maximum absolute atomic E-state index is 5.00. The van der Waals surface area contributed by atoms with Crippen molar-refractivity contribution in [2.75, 3.05) is 11.4 Å². The van der Waals surface area contributed by atoms with Gasteiger partial charge in [0.25, 0.3) is 0 Å². The zero-order valence-corrected chi connectivity index (χ0v) is 15.3. The molecule has 3 nitrogen and oxygen atoms in total. The average molecular weight is 310 g/mol. The lowest BCUT2D eigenvalue weighted by Gasteiger charge is -2.21. The molecule has 0 bridgehead atoms. The van der Waals surface area contributed by atoms with Crippen LogP contribution in [0.2, 0.25) is 0 Å². The molecule has 1 aliphatic carbocycles. The molecule has 0 radical (unpaired) electrons. The predicted molar refractivity (Wildman–Crippen MR) is 93.5 cm³/mol. The number of nitrogens with zero attached hydrogens (tertiary/aromatic N) is 2. The van der Waals surface area contributed by atoms with Crippen molar-refractivity contribution in [1.82, 2.24) is 10.3 Å². The lowest BCUT2D eigenvalue weighted by Crippen LogP contribution is -2.35. The number of thiazole rings is 1. The number of hydrogen-bond donors (Lipinski definition) is 1. The van der Waals surface area contributed by atoms with Gasteiger partial charge in [-0.2, -0.15) is 0 Å². The first-order valence-electron chi connectivity index (χ1n) is 8.33. The van der Waals surface area contributed by atoms with Crippen LogP contribution in [-0.2, 0) is 6.54 Å². The topological polar surface area (TPSA) is 28.2 Å². The summed E-state index contributed by atoms with van der Waals surface area (Å²) in [4.78, 5) is 8.95. The van der Waals surface area contributed by atoms with E-state index in [2.05, 4.69) is 51.8 Å². The molecule has 1 N–H and O–H groups in total. The van der Waals surface area contributed by atoms with E-state index in [1.807, 2.05) is 11.3 Å². The molecule has 0 amide bonds. The first-order valence-corrected chi connectivity index (χ1v) is 9.14. The molecule has 1 saturated carbocycles. The standard InChI is InChI=1S/C17H31N3S/c1-7-10-20(13-8-9-13)16-19-15(12(2)3)14(21-16)11-18-17(4,5)6/h12-13,18H,7-11H2,1-6H3. The summed E-state index contributed by atoms with van der Waals surface area (Å²) in [5.74, 6) is 0.495. The highest BCUT2D eigenvalue weighted by Gasteiger charge is 2.31. The van der Waals surface area contributed by atoms with Crippen LogP contribution in [0.25, 0.3) is 0 Å². The van der Waals surface area contributed by atoms with Gasteiger partial charge in [-0.1, -0.05) is 20.8 Å². The van der Waals surface area contributed by atoms with Crippen LogP contribution in [-0.4, -0.2) is 23.1 Å². The van der Waals surface area contributed by atoms with Crippen molar-refractivity contribution in [1.29, 1.82) is 0 Å². The quantitative estimate of drug-likeness (QED) is 0.802. The van der Waals surface area contributed by atoms with Crippen LogP contribution in [0, 0.1) is 0 Å². The largest absolute Gasteiger partial charge is 0.345 e. The molecule has 21 heavy (non-hydrogen) atoms. The Morgan fingerprint density at radius 2 is 2.00 bits per heavy atom. The van der Waals surface area contributed by atoms with Gasteiger partial charge >= 0.3 is 0 Å². The van der Waals surface area contributed by atoms with Crippen LogP contribution >= 0.6 is 11.3 Å². The van der Waals surface area contributed by atoms with E-state index in [0.29, 0.717) is 5.92 Å². The van der Waals surface area contributed by atoms with E-state index in [1.54, 1.807) is 0 Å². The maximum atomic E-state index is 5.00. The summed E-state index contributed by atoms with van der Waals surface area (Å²) in [7, 11) is 0. The SMILES string of the molecule is CCCN(c1nc(C(C)C)c(CNC(C)(C)C)s1)C1CC1. The number of anilines is 1. The number of rotatable bonds is 7. The van der Waals surface area contributed by atoms with E-state index in [1.165, 1.54) is 35.0 Å². The molecule has 1 aromatic heterocycles. The van der Waals surface area contributed by atoms with Crippen molar-refractivity contribution in [3.63, 3.8) is 0 Å². The van der Waals surface area contributed by atoms with Gasteiger partial charge in [-0.3, -0.25) is 0 Å². The molecule has 0 spiro atoms. The zero-order chi connectivity index (χ0) is 15.6. The summed E-state index contributed by atoms with van der Waals surface area (Å²) >= 11 is 1.90. The van der Waals surface area contributed by atoms with E-state index in [9.17, 15) is 0 Å². The van der Waals surface area contributed by atoms with Gasteiger partial charge in [0, 0.05) is 29.5 Å². The predicted octanol–water partition coefficient (Wildman–Crippen LogP) is 4.53. The highest BCUT2D eigenvalue weighted by molar-refractivity contribution is 7.15.